The molecule has 2 aliphatic rings. The second-order valence-electron chi connectivity index (χ2n) is 5.61. The first kappa shape index (κ1) is 14.3. The molecule has 0 radical (unpaired) electrons. The van der Waals surface area contributed by atoms with E-state index in [1.165, 1.54) is 6.42 Å². The number of aliphatic hydroxyl groups is 1. The zero-order valence-corrected chi connectivity index (χ0v) is 11.8. The molecule has 0 bridgehead atoms. The van der Waals surface area contributed by atoms with Crippen molar-refractivity contribution in [2.75, 3.05) is 45.9 Å². The van der Waals surface area contributed by atoms with Gasteiger partial charge in [-0.05, 0) is 32.5 Å². The largest absolute Gasteiger partial charge is 0.391 e. The smallest absolute Gasteiger partial charge is 0.0718 e. The van der Waals surface area contributed by atoms with Gasteiger partial charge in [0.1, 0.15) is 0 Å². The van der Waals surface area contributed by atoms with Crippen LogP contribution in [0, 0.1) is 5.92 Å². The van der Waals surface area contributed by atoms with Crippen molar-refractivity contribution < 1.29 is 9.84 Å². The Morgan fingerprint density at radius 3 is 2.72 bits per heavy atom. The van der Waals surface area contributed by atoms with Gasteiger partial charge in [0.15, 0.2) is 0 Å². The van der Waals surface area contributed by atoms with E-state index < -0.39 is 0 Å². The van der Waals surface area contributed by atoms with Crippen molar-refractivity contribution in [2.45, 2.75) is 38.8 Å². The summed E-state index contributed by atoms with van der Waals surface area (Å²) in [6, 6.07) is 0.687. The minimum Gasteiger partial charge on any atom is -0.391 e. The number of nitrogens with zero attached hydrogens (tertiary/aromatic N) is 2. The zero-order chi connectivity index (χ0) is 13.0. The molecule has 0 saturated carbocycles. The summed E-state index contributed by atoms with van der Waals surface area (Å²) in [5.41, 5.74) is 0. The Hall–Kier alpha value is -0.160. The van der Waals surface area contributed by atoms with E-state index in [1.54, 1.807) is 0 Å². The van der Waals surface area contributed by atoms with Gasteiger partial charge in [-0.25, -0.2) is 0 Å². The summed E-state index contributed by atoms with van der Waals surface area (Å²) in [5.74, 6) is 0.359. The van der Waals surface area contributed by atoms with E-state index in [4.69, 9.17) is 4.74 Å². The third kappa shape index (κ3) is 3.44. The first-order chi connectivity index (χ1) is 8.74. The number of hydrogen-bond acceptors (Lipinski definition) is 4. The molecule has 106 valence electrons. The van der Waals surface area contributed by atoms with E-state index in [2.05, 4.69) is 23.6 Å². The van der Waals surface area contributed by atoms with Crippen molar-refractivity contribution in [2.24, 2.45) is 5.92 Å². The molecule has 2 fully saturated rings. The van der Waals surface area contributed by atoms with Crippen LogP contribution in [0.3, 0.4) is 0 Å². The fourth-order valence-corrected chi connectivity index (χ4v) is 3.29. The number of aliphatic hydroxyl groups excluding tert-OH is 1. The summed E-state index contributed by atoms with van der Waals surface area (Å²) in [5, 5.41) is 10.2. The van der Waals surface area contributed by atoms with Crippen molar-refractivity contribution in [3.63, 3.8) is 0 Å². The Balaban J connectivity index is 1.74. The molecule has 3 unspecified atom stereocenters. The molecule has 2 aliphatic heterocycles. The van der Waals surface area contributed by atoms with Gasteiger partial charge in [0.2, 0.25) is 0 Å². The highest BCUT2D eigenvalue weighted by Crippen LogP contribution is 2.20. The van der Waals surface area contributed by atoms with E-state index in [9.17, 15) is 5.11 Å². The zero-order valence-electron chi connectivity index (χ0n) is 11.8. The quantitative estimate of drug-likeness (QED) is 0.762. The van der Waals surface area contributed by atoms with Gasteiger partial charge in [-0.1, -0.05) is 13.8 Å². The van der Waals surface area contributed by atoms with Gasteiger partial charge < -0.3 is 9.84 Å². The molecule has 2 heterocycles. The van der Waals surface area contributed by atoms with Crippen LogP contribution in [0.25, 0.3) is 0 Å². The molecule has 0 spiro atoms. The van der Waals surface area contributed by atoms with Crippen molar-refractivity contribution in [3.8, 4) is 0 Å². The molecule has 1 N–H and O–H groups in total. The molecule has 3 atom stereocenters. The molecule has 2 saturated heterocycles. The Bertz CT molecular complexity index is 240. The highest BCUT2D eigenvalue weighted by Gasteiger charge is 2.30. The van der Waals surface area contributed by atoms with Crippen LogP contribution in [-0.2, 0) is 4.74 Å². The monoisotopic (exact) mass is 256 g/mol. The lowest BCUT2D eigenvalue weighted by Crippen LogP contribution is -2.40. The van der Waals surface area contributed by atoms with Crippen LogP contribution in [0.2, 0.25) is 0 Å². The van der Waals surface area contributed by atoms with E-state index in [0.717, 1.165) is 52.4 Å². The molecule has 0 aliphatic carbocycles. The molecule has 0 aromatic rings. The second kappa shape index (κ2) is 6.85. The molecular formula is C14H28N2O2. The van der Waals surface area contributed by atoms with Gasteiger partial charge in [-0.2, -0.15) is 0 Å². The van der Waals surface area contributed by atoms with Crippen molar-refractivity contribution >= 4 is 0 Å². The predicted octanol–water partition coefficient (Wildman–Crippen LogP) is 0.800. The van der Waals surface area contributed by atoms with Crippen LogP contribution < -0.4 is 0 Å². The molecule has 4 nitrogen and oxygen atoms in total. The van der Waals surface area contributed by atoms with Gasteiger partial charge >= 0.3 is 0 Å². The first-order valence-electron chi connectivity index (χ1n) is 7.46. The summed E-state index contributed by atoms with van der Waals surface area (Å²) >= 11 is 0. The van der Waals surface area contributed by atoms with Gasteiger partial charge in [0.05, 0.1) is 12.7 Å². The van der Waals surface area contributed by atoms with Gasteiger partial charge in [0, 0.05) is 31.7 Å². The van der Waals surface area contributed by atoms with Crippen molar-refractivity contribution in [1.82, 2.24) is 9.80 Å². The Kier molecular flexibility index (Phi) is 5.42. The van der Waals surface area contributed by atoms with E-state index >= 15 is 0 Å². The topological polar surface area (TPSA) is 35.9 Å². The number of rotatable bonds is 6. The number of ether oxygens (including phenoxy) is 1. The molecule has 18 heavy (non-hydrogen) atoms. The summed E-state index contributed by atoms with van der Waals surface area (Å²) < 4.78 is 5.35. The lowest BCUT2D eigenvalue weighted by atomic mass is 10.0. The van der Waals surface area contributed by atoms with Gasteiger partial charge in [-0.3, -0.25) is 9.80 Å². The highest BCUT2D eigenvalue weighted by molar-refractivity contribution is 4.85. The third-order valence-corrected chi connectivity index (χ3v) is 4.53. The summed E-state index contributed by atoms with van der Waals surface area (Å²) in [6.07, 6.45) is 2.06. The van der Waals surface area contributed by atoms with Crippen LogP contribution >= 0.6 is 0 Å². The standard InChI is InChI=1S/C14H28N2O2/c1-3-16(4-2)13-5-7-15(9-13)10-14(17)12-6-8-18-11-12/h12-14,17H,3-11H2,1-2H3. The summed E-state index contributed by atoms with van der Waals surface area (Å²) in [6.45, 7) is 11.4. The van der Waals surface area contributed by atoms with E-state index in [0.29, 0.717) is 12.0 Å². The molecule has 0 aromatic heterocycles. The summed E-state index contributed by atoms with van der Waals surface area (Å²) in [7, 11) is 0. The van der Waals surface area contributed by atoms with Crippen LogP contribution in [0.15, 0.2) is 0 Å². The Morgan fingerprint density at radius 2 is 2.11 bits per heavy atom. The molecule has 0 aromatic carbocycles. The fraction of sp³-hybridized carbons (Fsp3) is 1.00. The Morgan fingerprint density at radius 1 is 1.33 bits per heavy atom. The normalized spacial score (nSPS) is 31.3. The molecule has 2 rings (SSSR count). The molecule has 0 amide bonds. The number of likely N-dealkylation sites (tertiary alicyclic amines) is 1. The highest BCUT2D eigenvalue weighted by atomic mass is 16.5. The van der Waals surface area contributed by atoms with Crippen LogP contribution in [0.5, 0.6) is 0 Å². The number of hydrogen-bond donors (Lipinski definition) is 1. The second-order valence-corrected chi connectivity index (χ2v) is 5.61. The van der Waals surface area contributed by atoms with E-state index in [-0.39, 0.29) is 6.10 Å². The molecule has 4 heteroatoms. The summed E-state index contributed by atoms with van der Waals surface area (Å²) in [4.78, 5) is 4.96. The average Bonchev–Trinajstić information content (AvgIpc) is 3.01. The van der Waals surface area contributed by atoms with Crippen molar-refractivity contribution in [3.05, 3.63) is 0 Å². The number of likely N-dealkylation sites (N-methyl/N-ethyl adjacent to an activating group) is 1. The maximum Gasteiger partial charge on any atom is 0.0718 e. The number of β-amino-alcohol motifs (C(OH)–C–C–N with tert-alkyl or cyclic N) is 1. The lowest BCUT2D eigenvalue weighted by Gasteiger charge is -2.27. The van der Waals surface area contributed by atoms with Gasteiger partial charge in [-0.15, -0.1) is 0 Å². The predicted molar refractivity (Wildman–Crippen MR) is 72.7 cm³/mol. The third-order valence-electron chi connectivity index (χ3n) is 4.53. The van der Waals surface area contributed by atoms with E-state index in [1.807, 2.05) is 0 Å². The van der Waals surface area contributed by atoms with Crippen LogP contribution in [0.1, 0.15) is 26.7 Å². The lowest BCUT2D eigenvalue weighted by molar-refractivity contribution is 0.0603. The minimum atomic E-state index is -0.206. The van der Waals surface area contributed by atoms with Crippen LogP contribution in [-0.4, -0.2) is 73.0 Å². The maximum atomic E-state index is 10.2. The fourth-order valence-electron chi connectivity index (χ4n) is 3.29. The van der Waals surface area contributed by atoms with Crippen molar-refractivity contribution in [1.29, 1.82) is 0 Å². The molecular weight excluding hydrogens is 228 g/mol. The minimum absolute atomic E-state index is 0.206. The van der Waals surface area contributed by atoms with Gasteiger partial charge in [0.25, 0.3) is 0 Å². The van der Waals surface area contributed by atoms with Crippen LogP contribution in [0.4, 0.5) is 0 Å². The first-order valence-corrected chi connectivity index (χ1v) is 7.46. The SMILES string of the molecule is CCN(CC)C1CCN(CC(O)C2CCOC2)C1. The maximum absolute atomic E-state index is 10.2. The Labute approximate surface area is 111 Å². The average molecular weight is 256 g/mol.